The van der Waals surface area contributed by atoms with Gasteiger partial charge < -0.3 is 5.73 Å². The molecule has 0 radical (unpaired) electrons. The third kappa shape index (κ3) is 2.26. The standard InChI is InChI=1S/C10H12F3N/c1-2-9(14)6-3-4-7(10(12)13)8(11)5-6/h3-5,9-10H,2,14H2,1H3/t9-/m0/s1. The van der Waals surface area contributed by atoms with Gasteiger partial charge >= 0.3 is 0 Å². The van der Waals surface area contributed by atoms with Gasteiger partial charge in [-0.2, -0.15) is 0 Å². The summed E-state index contributed by atoms with van der Waals surface area (Å²) in [7, 11) is 0. The lowest BCUT2D eigenvalue weighted by molar-refractivity contribution is 0.146. The number of alkyl halides is 2. The average molecular weight is 203 g/mol. The molecular formula is C10H12F3N. The normalized spacial score (nSPS) is 13.3. The van der Waals surface area contributed by atoms with Crippen molar-refractivity contribution >= 4 is 0 Å². The number of benzene rings is 1. The highest BCUT2D eigenvalue weighted by Gasteiger charge is 2.14. The van der Waals surface area contributed by atoms with Gasteiger partial charge in [0.25, 0.3) is 6.43 Å². The molecule has 4 heteroatoms. The van der Waals surface area contributed by atoms with Gasteiger partial charge in [0.2, 0.25) is 0 Å². The quantitative estimate of drug-likeness (QED) is 0.802. The van der Waals surface area contributed by atoms with Gasteiger partial charge in [-0.15, -0.1) is 0 Å². The van der Waals surface area contributed by atoms with Crippen molar-refractivity contribution in [3.63, 3.8) is 0 Å². The molecule has 0 aliphatic carbocycles. The summed E-state index contributed by atoms with van der Waals surface area (Å²) in [5, 5.41) is 0. The van der Waals surface area contributed by atoms with E-state index in [-0.39, 0.29) is 6.04 Å². The van der Waals surface area contributed by atoms with E-state index in [1.165, 1.54) is 6.07 Å². The molecule has 14 heavy (non-hydrogen) atoms. The lowest BCUT2D eigenvalue weighted by atomic mass is 10.0. The number of halogens is 3. The second-order valence-corrected chi connectivity index (χ2v) is 3.10. The van der Waals surface area contributed by atoms with E-state index >= 15 is 0 Å². The van der Waals surface area contributed by atoms with Crippen LogP contribution in [0.25, 0.3) is 0 Å². The van der Waals surface area contributed by atoms with Crippen LogP contribution in [0.3, 0.4) is 0 Å². The highest BCUT2D eigenvalue weighted by molar-refractivity contribution is 5.27. The number of hydrogen-bond acceptors (Lipinski definition) is 1. The minimum atomic E-state index is -2.78. The predicted octanol–water partition coefficient (Wildman–Crippen LogP) is 3.17. The lowest BCUT2D eigenvalue weighted by Gasteiger charge is -2.10. The molecule has 0 aliphatic rings. The lowest BCUT2D eigenvalue weighted by Crippen LogP contribution is -2.09. The zero-order chi connectivity index (χ0) is 10.7. The second kappa shape index (κ2) is 4.46. The molecule has 0 heterocycles. The summed E-state index contributed by atoms with van der Waals surface area (Å²) < 4.78 is 37.4. The maximum absolute atomic E-state index is 13.1. The van der Waals surface area contributed by atoms with Crippen LogP contribution in [0.4, 0.5) is 13.2 Å². The van der Waals surface area contributed by atoms with Crippen molar-refractivity contribution in [1.82, 2.24) is 0 Å². The van der Waals surface area contributed by atoms with Crippen LogP contribution in [0.2, 0.25) is 0 Å². The van der Waals surface area contributed by atoms with E-state index in [1.807, 2.05) is 6.92 Å². The van der Waals surface area contributed by atoms with E-state index in [2.05, 4.69) is 0 Å². The van der Waals surface area contributed by atoms with Crippen molar-refractivity contribution in [3.8, 4) is 0 Å². The molecule has 0 spiro atoms. The summed E-state index contributed by atoms with van der Waals surface area (Å²) in [5.41, 5.74) is 5.61. The topological polar surface area (TPSA) is 26.0 Å². The van der Waals surface area contributed by atoms with Crippen LogP contribution in [0.5, 0.6) is 0 Å². The Hall–Kier alpha value is -1.03. The molecule has 78 valence electrons. The Kier molecular flexibility index (Phi) is 3.52. The Bertz CT molecular complexity index is 312. The van der Waals surface area contributed by atoms with E-state index < -0.39 is 17.8 Å². The summed E-state index contributed by atoms with van der Waals surface area (Å²) in [6.07, 6.45) is -2.13. The molecule has 0 saturated heterocycles. The van der Waals surface area contributed by atoms with Crippen molar-refractivity contribution in [2.24, 2.45) is 5.73 Å². The first-order valence-corrected chi connectivity index (χ1v) is 4.39. The zero-order valence-electron chi connectivity index (χ0n) is 7.81. The van der Waals surface area contributed by atoms with Gasteiger partial charge in [0.15, 0.2) is 0 Å². The third-order valence-corrected chi connectivity index (χ3v) is 2.13. The van der Waals surface area contributed by atoms with Gasteiger partial charge in [-0.1, -0.05) is 19.1 Å². The average Bonchev–Trinajstić information content (AvgIpc) is 2.15. The Balaban J connectivity index is 3.00. The molecule has 1 atom stereocenters. The first-order valence-electron chi connectivity index (χ1n) is 4.39. The number of nitrogens with two attached hydrogens (primary N) is 1. The zero-order valence-corrected chi connectivity index (χ0v) is 7.81. The molecule has 1 aromatic carbocycles. The molecule has 0 fully saturated rings. The highest BCUT2D eigenvalue weighted by atomic mass is 19.3. The number of rotatable bonds is 3. The van der Waals surface area contributed by atoms with Crippen LogP contribution in [0, 0.1) is 5.82 Å². The molecule has 1 aromatic rings. The monoisotopic (exact) mass is 203 g/mol. The minimum Gasteiger partial charge on any atom is -0.324 e. The van der Waals surface area contributed by atoms with Crippen LogP contribution >= 0.6 is 0 Å². The fourth-order valence-corrected chi connectivity index (χ4v) is 1.19. The van der Waals surface area contributed by atoms with Crippen LogP contribution in [-0.4, -0.2) is 0 Å². The Morgan fingerprint density at radius 1 is 1.36 bits per heavy atom. The predicted molar refractivity (Wildman–Crippen MR) is 48.6 cm³/mol. The van der Waals surface area contributed by atoms with Crippen LogP contribution < -0.4 is 5.73 Å². The van der Waals surface area contributed by atoms with Crippen molar-refractivity contribution in [2.45, 2.75) is 25.8 Å². The van der Waals surface area contributed by atoms with E-state index in [0.29, 0.717) is 12.0 Å². The third-order valence-electron chi connectivity index (χ3n) is 2.13. The SMILES string of the molecule is CC[C@H](N)c1ccc(C(F)F)c(F)c1. The van der Waals surface area contributed by atoms with Crippen LogP contribution in [0.1, 0.15) is 36.9 Å². The molecule has 0 aromatic heterocycles. The van der Waals surface area contributed by atoms with Crippen molar-refractivity contribution in [1.29, 1.82) is 0 Å². The van der Waals surface area contributed by atoms with Gasteiger partial charge in [0.05, 0.1) is 5.56 Å². The summed E-state index contributed by atoms with van der Waals surface area (Å²) in [6, 6.07) is 3.32. The van der Waals surface area contributed by atoms with E-state index in [1.54, 1.807) is 0 Å². The fraction of sp³-hybridized carbons (Fsp3) is 0.400. The molecule has 0 saturated carbocycles. The summed E-state index contributed by atoms with van der Waals surface area (Å²) in [6.45, 7) is 1.85. The van der Waals surface area contributed by atoms with Gasteiger partial charge in [0.1, 0.15) is 5.82 Å². The van der Waals surface area contributed by atoms with Crippen LogP contribution in [-0.2, 0) is 0 Å². The minimum absolute atomic E-state index is 0.295. The molecule has 1 rings (SSSR count). The Morgan fingerprint density at radius 2 is 2.00 bits per heavy atom. The molecular weight excluding hydrogens is 191 g/mol. The van der Waals surface area contributed by atoms with E-state index in [9.17, 15) is 13.2 Å². The Labute approximate surface area is 80.7 Å². The molecule has 1 nitrogen and oxygen atoms in total. The van der Waals surface area contributed by atoms with E-state index in [0.717, 1.165) is 12.1 Å². The summed E-state index contributed by atoms with van der Waals surface area (Å²) in [4.78, 5) is 0. The van der Waals surface area contributed by atoms with Crippen molar-refractivity contribution in [3.05, 3.63) is 35.1 Å². The summed E-state index contributed by atoms with van der Waals surface area (Å²) in [5.74, 6) is -0.888. The molecule has 2 N–H and O–H groups in total. The van der Waals surface area contributed by atoms with Gasteiger partial charge in [-0.25, -0.2) is 13.2 Å². The van der Waals surface area contributed by atoms with Gasteiger partial charge in [0, 0.05) is 6.04 Å². The van der Waals surface area contributed by atoms with Gasteiger partial charge in [-0.3, -0.25) is 0 Å². The first-order chi connectivity index (χ1) is 6.56. The number of hydrogen-bond donors (Lipinski definition) is 1. The van der Waals surface area contributed by atoms with Gasteiger partial charge in [-0.05, 0) is 18.1 Å². The largest absolute Gasteiger partial charge is 0.324 e. The Morgan fingerprint density at radius 3 is 2.43 bits per heavy atom. The maximum Gasteiger partial charge on any atom is 0.266 e. The molecule has 0 aliphatic heterocycles. The highest BCUT2D eigenvalue weighted by Crippen LogP contribution is 2.24. The first kappa shape index (κ1) is 11.0. The fourth-order valence-electron chi connectivity index (χ4n) is 1.19. The molecule has 0 unspecified atom stereocenters. The maximum atomic E-state index is 13.1. The van der Waals surface area contributed by atoms with Crippen molar-refractivity contribution < 1.29 is 13.2 Å². The second-order valence-electron chi connectivity index (χ2n) is 3.10. The molecule has 0 amide bonds. The van der Waals surface area contributed by atoms with E-state index in [4.69, 9.17) is 5.73 Å². The molecule has 0 bridgehead atoms. The smallest absolute Gasteiger partial charge is 0.266 e. The van der Waals surface area contributed by atoms with Crippen LogP contribution in [0.15, 0.2) is 18.2 Å². The van der Waals surface area contributed by atoms with Crippen molar-refractivity contribution in [2.75, 3.05) is 0 Å². The summed E-state index contributed by atoms with van der Waals surface area (Å²) >= 11 is 0.